The summed E-state index contributed by atoms with van der Waals surface area (Å²) >= 11 is 0. The number of benzene rings is 1. The number of halogens is 1. The third-order valence-electron chi connectivity index (χ3n) is 6.26. The lowest BCUT2D eigenvalue weighted by Gasteiger charge is -2.39. The lowest BCUT2D eigenvalue weighted by atomic mass is 9.96. The van der Waals surface area contributed by atoms with Gasteiger partial charge in [-0.3, -0.25) is 30.1 Å². The van der Waals surface area contributed by atoms with Crippen LogP contribution in [-0.2, 0) is 4.79 Å². The Balaban J connectivity index is 1.34. The van der Waals surface area contributed by atoms with E-state index in [0.717, 1.165) is 41.3 Å². The van der Waals surface area contributed by atoms with Crippen molar-refractivity contribution in [3.63, 3.8) is 0 Å². The summed E-state index contributed by atoms with van der Waals surface area (Å²) in [5.41, 5.74) is 8.85. The van der Waals surface area contributed by atoms with Crippen LogP contribution in [0, 0.1) is 0 Å². The van der Waals surface area contributed by atoms with Crippen molar-refractivity contribution in [2.24, 2.45) is 0 Å². The summed E-state index contributed by atoms with van der Waals surface area (Å²) in [6, 6.07) is 13.7. The van der Waals surface area contributed by atoms with Gasteiger partial charge in [0.25, 0.3) is 0 Å². The van der Waals surface area contributed by atoms with Crippen LogP contribution in [0.4, 0.5) is 21.5 Å². The van der Waals surface area contributed by atoms with Gasteiger partial charge in [0, 0.05) is 61.4 Å². The van der Waals surface area contributed by atoms with E-state index in [1.54, 1.807) is 18.5 Å². The quantitative estimate of drug-likeness (QED) is 0.394. The zero-order chi connectivity index (χ0) is 24.9. The molecule has 2 aliphatic rings. The molecule has 0 saturated carbocycles. The van der Waals surface area contributed by atoms with Crippen LogP contribution in [0.15, 0.2) is 79.9 Å². The van der Waals surface area contributed by atoms with Crippen LogP contribution >= 0.6 is 0 Å². The fraction of sp³-hybridized carbons (Fsp3) is 0.222. The predicted molar refractivity (Wildman–Crippen MR) is 140 cm³/mol. The van der Waals surface area contributed by atoms with Crippen LogP contribution in [0.25, 0.3) is 6.08 Å². The molecule has 0 radical (unpaired) electrons. The van der Waals surface area contributed by atoms with E-state index in [2.05, 4.69) is 37.5 Å². The van der Waals surface area contributed by atoms with Crippen LogP contribution in [0.2, 0.25) is 0 Å². The molecule has 1 aromatic carbocycles. The van der Waals surface area contributed by atoms with E-state index in [-0.39, 0.29) is 18.6 Å². The number of nitrogens with zero attached hydrogens (tertiary/aromatic N) is 4. The molecule has 1 fully saturated rings. The van der Waals surface area contributed by atoms with Gasteiger partial charge in [-0.05, 0) is 60.2 Å². The fourth-order valence-electron chi connectivity index (χ4n) is 4.46. The van der Waals surface area contributed by atoms with Gasteiger partial charge in [-0.15, -0.1) is 0 Å². The SMILES string of the molecule is C=CC(=O)Nc1ccnc(C2c3cnccc3C=CN2Nc2ccc(NC3CN(CCF)C3)cc2)c1. The van der Waals surface area contributed by atoms with E-state index >= 15 is 0 Å². The smallest absolute Gasteiger partial charge is 0.247 e. The molecule has 0 aliphatic carbocycles. The predicted octanol–water partition coefficient (Wildman–Crippen LogP) is 4.07. The van der Waals surface area contributed by atoms with Gasteiger partial charge in [0.05, 0.1) is 17.4 Å². The van der Waals surface area contributed by atoms with Crippen molar-refractivity contribution in [3.05, 3.63) is 96.7 Å². The van der Waals surface area contributed by atoms with E-state index in [0.29, 0.717) is 18.3 Å². The first-order chi connectivity index (χ1) is 17.6. The molecule has 184 valence electrons. The van der Waals surface area contributed by atoms with Gasteiger partial charge in [-0.25, -0.2) is 4.39 Å². The van der Waals surface area contributed by atoms with Crippen LogP contribution < -0.4 is 16.1 Å². The number of carbonyl (C=O) groups excluding carboxylic acids is 1. The van der Waals surface area contributed by atoms with E-state index < -0.39 is 0 Å². The summed E-state index contributed by atoms with van der Waals surface area (Å²) in [6.07, 6.45) is 10.5. The van der Waals surface area contributed by atoms with Crippen LogP contribution in [-0.4, -0.2) is 58.1 Å². The van der Waals surface area contributed by atoms with Crippen molar-refractivity contribution in [2.75, 3.05) is 42.4 Å². The number of aromatic nitrogens is 2. The van der Waals surface area contributed by atoms with Crippen molar-refractivity contribution in [1.29, 1.82) is 0 Å². The Morgan fingerprint density at radius 1 is 1.11 bits per heavy atom. The highest BCUT2D eigenvalue weighted by Crippen LogP contribution is 2.35. The summed E-state index contributed by atoms with van der Waals surface area (Å²) in [7, 11) is 0. The minimum absolute atomic E-state index is 0.270. The lowest BCUT2D eigenvalue weighted by Crippen LogP contribution is -2.55. The molecule has 2 aromatic heterocycles. The van der Waals surface area contributed by atoms with E-state index in [4.69, 9.17) is 0 Å². The number of carbonyl (C=O) groups is 1. The molecular weight excluding hydrogens is 457 g/mol. The van der Waals surface area contributed by atoms with Crippen molar-refractivity contribution >= 4 is 29.0 Å². The third kappa shape index (κ3) is 5.21. The maximum atomic E-state index is 12.5. The highest BCUT2D eigenvalue weighted by molar-refractivity contribution is 5.98. The second-order valence-corrected chi connectivity index (χ2v) is 8.77. The minimum Gasteiger partial charge on any atom is -0.380 e. The number of anilines is 3. The monoisotopic (exact) mass is 485 g/mol. The molecule has 1 unspecified atom stereocenters. The molecular formula is C27H28FN7O. The maximum Gasteiger partial charge on any atom is 0.247 e. The summed E-state index contributed by atoms with van der Waals surface area (Å²) in [5, 5.41) is 8.28. The Morgan fingerprint density at radius 2 is 1.92 bits per heavy atom. The van der Waals surface area contributed by atoms with E-state index in [1.807, 2.05) is 59.9 Å². The number of hydrogen-bond acceptors (Lipinski definition) is 7. The molecule has 3 N–H and O–H groups in total. The molecule has 0 spiro atoms. The van der Waals surface area contributed by atoms with Crippen molar-refractivity contribution < 1.29 is 9.18 Å². The lowest BCUT2D eigenvalue weighted by molar-refractivity contribution is -0.111. The van der Waals surface area contributed by atoms with Gasteiger partial charge in [-0.1, -0.05) is 6.58 Å². The second-order valence-electron chi connectivity index (χ2n) is 8.77. The molecule has 1 saturated heterocycles. The summed E-state index contributed by atoms with van der Waals surface area (Å²) in [5.74, 6) is -0.279. The molecule has 0 bridgehead atoms. The van der Waals surface area contributed by atoms with Gasteiger partial charge in [-0.2, -0.15) is 0 Å². The second kappa shape index (κ2) is 10.6. The minimum atomic E-state index is -0.303. The van der Waals surface area contributed by atoms with Crippen LogP contribution in [0.5, 0.6) is 0 Å². The first-order valence-electron chi connectivity index (χ1n) is 11.8. The molecule has 8 nitrogen and oxygen atoms in total. The third-order valence-corrected chi connectivity index (χ3v) is 6.26. The Kier molecular flexibility index (Phi) is 6.90. The standard InChI is InChI=1S/C27H28FN7O/c1-2-26(36)32-22-8-12-30-25(15-22)27-24-16-29-11-7-19(24)9-13-35(27)33-21-5-3-20(4-6-21)31-23-17-34(18-23)14-10-28/h2-9,11-13,15-16,23,27,31,33H,1,10,14,17-18H2,(H,30,32,36). The van der Waals surface area contributed by atoms with Crippen molar-refractivity contribution in [2.45, 2.75) is 12.1 Å². The number of pyridine rings is 2. The molecule has 5 rings (SSSR count). The molecule has 1 atom stereocenters. The molecule has 36 heavy (non-hydrogen) atoms. The van der Waals surface area contributed by atoms with Crippen LogP contribution in [0.3, 0.4) is 0 Å². The molecule has 2 aliphatic heterocycles. The zero-order valence-corrected chi connectivity index (χ0v) is 19.8. The van der Waals surface area contributed by atoms with Gasteiger partial charge in [0.2, 0.25) is 5.91 Å². The zero-order valence-electron chi connectivity index (χ0n) is 19.8. The Labute approximate surface area is 209 Å². The topological polar surface area (TPSA) is 85.4 Å². The number of hydrogen-bond donors (Lipinski definition) is 3. The number of amides is 1. The first-order valence-corrected chi connectivity index (χ1v) is 11.8. The molecule has 3 aromatic rings. The normalized spacial score (nSPS) is 17.1. The molecule has 9 heteroatoms. The number of fused-ring (bicyclic) bond motifs is 1. The average Bonchev–Trinajstić information content (AvgIpc) is 2.88. The Bertz CT molecular complexity index is 1260. The Hall–Kier alpha value is -4.24. The summed E-state index contributed by atoms with van der Waals surface area (Å²) in [4.78, 5) is 22.9. The first kappa shape index (κ1) is 23.5. The molecule has 4 heterocycles. The van der Waals surface area contributed by atoms with E-state index in [1.165, 1.54) is 6.08 Å². The number of rotatable bonds is 9. The Morgan fingerprint density at radius 3 is 2.69 bits per heavy atom. The van der Waals surface area contributed by atoms with Gasteiger partial charge >= 0.3 is 0 Å². The fourth-order valence-corrected chi connectivity index (χ4v) is 4.46. The summed E-state index contributed by atoms with van der Waals surface area (Å²) in [6.45, 7) is 5.43. The number of hydrazine groups is 1. The number of alkyl halides is 1. The van der Waals surface area contributed by atoms with Crippen molar-refractivity contribution in [3.8, 4) is 0 Å². The highest BCUT2D eigenvalue weighted by atomic mass is 19.1. The number of nitrogens with one attached hydrogen (secondary N) is 3. The van der Waals surface area contributed by atoms with Gasteiger partial charge < -0.3 is 10.6 Å². The number of likely N-dealkylation sites (tertiary alicyclic amines) is 1. The largest absolute Gasteiger partial charge is 0.380 e. The maximum absolute atomic E-state index is 12.5. The van der Waals surface area contributed by atoms with E-state index in [9.17, 15) is 9.18 Å². The van der Waals surface area contributed by atoms with Crippen molar-refractivity contribution in [1.82, 2.24) is 19.9 Å². The average molecular weight is 486 g/mol. The summed E-state index contributed by atoms with van der Waals surface area (Å²) < 4.78 is 12.5. The van der Waals surface area contributed by atoms with Gasteiger partial charge in [0.1, 0.15) is 12.7 Å². The van der Waals surface area contributed by atoms with Gasteiger partial charge in [0.15, 0.2) is 0 Å². The molecule has 1 amide bonds. The highest BCUT2D eigenvalue weighted by Gasteiger charge is 2.28. The van der Waals surface area contributed by atoms with Crippen LogP contribution in [0.1, 0.15) is 22.9 Å².